The van der Waals surface area contributed by atoms with Gasteiger partial charge in [0, 0.05) is 36.5 Å². The summed E-state index contributed by atoms with van der Waals surface area (Å²) >= 11 is 5.87. The highest BCUT2D eigenvalue weighted by atomic mass is 35.5. The van der Waals surface area contributed by atoms with E-state index >= 15 is 0 Å². The van der Waals surface area contributed by atoms with Gasteiger partial charge in [-0.15, -0.1) is 0 Å². The van der Waals surface area contributed by atoms with Crippen molar-refractivity contribution in [3.05, 3.63) is 34.9 Å². The van der Waals surface area contributed by atoms with Crippen molar-refractivity contribution >= 4 is 29.3 Å². The lowest BCUT2D eigenvalue weighted by Crippen LogP contribution is -2.40. The SMILES string of the molecule is CCOC(=O)C1CCN(C(=O)CCC(=O)c2cccc(Cl)c2)CC1. The van der Waals surface area contributed by atoms with E-state index in [0.717, 1.165) is 0 Å². The van der Waals surface area contributed by atoms with Gasteiger partial charge in [-0.2, -0.15) is 0 Å². The van der Waals surface area contributed by atoms with Crippen LogP contribution in [0.4, 0.5) is 0 Å². The minimum absolute atomic E-state index is 0.0484. The maximum Gasteiger partial charge on any atom is 0.309 e. The second-order valence-electron chi connectivity index (χ2n) is 5.84. The molecule has 6 heteroatoms. The summed E-state index contributed by atoms with van der Waals surface area (Å²) < 4.78 is 5.02. The molecule has 0 unspecified atom stereocenters. The second kappa shape index (κ2) is 8.83. The zero-order valence-corrected chi connectivity index (χ0v) is 14.6. The first-order valence-corrected chi connectivity index (χ1v) is 8.62. The Bertz CT molecular complexity index is 609. The summed E-state index contributed by atoms with van der Waals surface area (Å²) in [4.78, 5) is 37.8. The highest BCUT2D eigenvalue weighted by molar-refractivity contribution is 6.31. The lowest BCUT2D eigenvalue weighted by Gasteiger charge is -2.30. The highest BCUT2D eigenvalue weighted by Gasteiger charge is 2.28. The molecule has 0 bridgehead atoms. The summed E-state index contributed by atoms with van der Waals surface area (Å²) in [5, 5.41) is 0.508. The molecular formula is C18H22ClNO4. The molecule has 0 aliphatic carbocycles. The van der Waals surface area contributed by atoms with Crippen LogP contribution in [-0.4, -0.2) is 42.3 Å². The average Bonchev–Trinajstić information content (AvgIpc) is 2.59. The third-order valence-corrected chi connectivity index (χ3v) is 4.42. The zero-order valence-electron chi connectivity index (χ0n) is 13.8. The van der Waals surface area contributed by atoms with Crippen LogP contribution in [0.25, 0.3) is 0 Å². The highest BCUT2D eigenvalue weighted by Crippen LogP contribution is 2.20. The van der Waals surface area contributed by atoms with E-state index in [2.05, 4.69) is 0 Å². The number of carbonyl (C=O) groups is 3. The van der Waals surface area contributed by atoms with E-state index in [4.69, 9.17) is 16.3 Å². The Morgan fingerprint density at radius 2 is 1.92 bits per heavy atom. The van der Waals surface area contributed by atoms with E-state index in [1.165, 1.54) is 0 Å². The zero-order chi connectivity index (χ0) is 17.5. The molecule has 1 fully saturated rings. The molecule has 1 aliphatic rings. The summed E-state index contributed by atoms with van der Waals surface area (Å²) in [5.74, 6) is -0.442. The quantitative estimate of drug-likeness (QED) is 0.583. The molecule has 2 rings (SSSR count). The average molecular weight is 352 g/mol. The van der Waals surface area contributed by atoms with E-state index in [0.29, 0.717) is 43.1 Å². The number of carbonyl (C=O) groups excluding carboxylic acids is 3. The molecule has 5 nitrogen and oxygen atoms in total. The maximum absolute atomic E-state index is 12.2. The monoisotopic (exact) mass is 351 g/mol. The predicted molar refractivity (Wildman–Crippen MR) is 91.0 cm³/mol. The number of hydrogen-bond donors (Lipinski definition) is 0. The number of ketones is 1. The first kappa shape index (κ1) is 18.5. The van der Waals surface area contributed by atoms with Crippen molar-refractivity contribution in [3.63, 3.8) is 0 Å². The molecule has 1 aliphatic heterocycles. The van der Waals surface area contributed by atoms with Crippen LogP contribution < -0.4 is 0 Å². The molecule has 1 aromatic carbocycles. The van der Waals surface area contributed by atoms with E-state index in [9.17, 15) is 14.4 Å². The van der Waals surface area contributed by atoms with Crippen LogP contribution in [0.2, 0.25) is 5.02 Å². The third kappa shape index (κ3) is 5.06. The summed E-state index contributed by atoms with van der Waals surface area (Å²) in [7, 11) is 0. The number of halogens is 1. The summed E-state index contributed by atoms with van der Waals surface area (Å²) in [6.07, 6.45) is 1.58. The van der Waals surface area contributed by atoms with E-state index in [-0.39, 0.29) is 36.4 Å². The van der Waals surface area contributed by atoms with Gasteiger partial charge < -0.3 is 9.64 Å². The number of likely N-dealkylation sites (tertiary alicyclic amines) is 1. The first-order chi connectivity index (χ1) is 11.5. The molecule has 1 aromatic rings. The lowest BCUT2D eigenvalue weighted by molar-refractivity contribution is -0.151. The number of benzene rings is 1. The second-order valence-corrected chi connectivity index (χ2v) is 6.28. The largest absolute Gasteiger partial charge is 0.466 e. The van der Waals surface area contributed by atoms with Gasteiger partial charge in [-0.3, -0.25) is 14.4 Å². The number of esters is 1. The summed E-state index contributed by atoms with van der Waals surface area (Å²) in [6.45, 7) is 3.23. The van der Waals surface area contributed by atoms with Crippen LogP contribution >= 0.6 is 11.6 Å². The Hall–Kier alpha value is -1.88. The van der Waals surface area contributed by atoms with E-state index < -0.39 is 0 Å². The standard InChI is InChI=1S/C18H22ClNO4/c1-2-24-18(23)13-8-10-20(11-9-13)17(22)7-6-16(21)14-4-3-5-15(19)12-14/h3-5,12-13H,2,6-11H2,1H3. The number of ether oxygens (including phenoxy) is 1. The van der Waals surface area contributed by atoms with Gasteiger partial charge in [0.25, 0.3) is 0 Å². The molecule has 1 heterocycles. The van der Waals surface area contributed by atoms with Gasteiger partial charge in [-0.1, -0.05) is 23.7 Å². The summed E-state index contributed by atoms with van der Waals surface area (Å²) in [6, 6.07) is 6.73. The Labute approximate surface area is 146 Å². The smallest absolute Gasteiger partial charge is 0.309 e. The fourth-order valence-electron chi connectivity index (χ4n) is 2.81. The van der Waals surface area contributed by atoms with Crippen molar-refractivity contribution in [3.8, 4) is 0 Å². The molecule has 24 heavy (non-hydrogen) atoms. The van der Waals surface area contributed by atoms with Crippen LogP contribution in [-0.2, 0) is 14.3 Å². The normalized spacial score (nSPS) is 15.2. The van der Waals surface area contributed by atoms with Gasteiger partial charge in [-0.25, -0.2) is 0 Å². The van der Waals surface area contributed by atoms with Crippen LogP contribution in [0, 0.1) is 5.92 Å². The van der Waals surface area contributed by atoms with Crippen LogP contribution in [0.15, 0.2) is 24.3 Å². The fourth-order valence-corrected chi connectivity index (χ4v) is 3.00. The summed E-state index contributed by atoms with van der Waals surface area (Å²) in [5.41, 5.74) is 0.524. The van der Waals surface area contributed by atoms with Gasteiger partial charge in [-0.05, 0) is 31.9 Å². The molecule has 130 valence electrons. The first-order valence-electron chi connectivity index (χ1n) is 8.24. The van der Waals surface area contributed by atoms with Crippen molar-refractivity contribution in [2.75, 3.05) is 19.7 Å². The maximum atomic E-state index is 12.2. The molecular weight excluding hydrogens is 330 g/mol. The van der Waals surface area contributed by atoms with Crippen molar-refractivity contribution in [1.29, 1.82) is 0 Å². The number of amides is 1. The van der Waals surface area contributed by atoms with Crippen LogP contribution in [0.3, 0.4) is 0 Å². The van der Waals surface area contributed by atoms with Gasteiger partial charge in [0.05, 0.1) is 12.5 Å². The molecule has 0 saturated carbocycles. The van der Waals surface area contributed by atoms with Gasteiger partial charge in [0.1, 0.15) is 0 Å². The Balaban J connectivity index is 1.77. The molecule has 0 N–H and O–H groups in total. The van der Waals surface area contributed by atoms with Crippen molar-refractivity contribution in [2.45, 2.75) is 32.6 Å². The third-order valence-electron chi connectivity index (χ3n) is 4.18. The van der Waals surface area contributed by atoms with Gasteiger partial charge >= 0.3 is 5.97 Å². The molecule has 0 aromatic heterocycles. The van der Waals surface area contributed by atoms with E-state index in [1.807, 2.05) is 0 Å². The number of rotatable bonds is 6. The number of nitrogens with zero attached hydrogens (tertiary/aromatic N) is 1. The van der Waals surface area contributed by atoms with E-state index in [1.54, 1.807) is 36.1 Å². The molecule has 1 saturated heterocycles. The fraction of sp³-hybridized carbons (Fsp3) is 0.500. The van der Waals surface area contributed by atoms with Crippen molar-refractivity contribution in [2.24, 2.45) is 5.92 Å². The van der Waals surface area contributed by atoms with Gasteiger partial charge in [0.15, 0.2) is 5.78 Å². The number of Topliss-reactive ketones (excluding diaryl/α,β-unsaturated/α-hetero) is 1. The van der Waals surface area contributed by atoms with Crippen molar-refractivity contribution < 1.29 is 19.1 Å². The van der Waals surface area contributed by atoms with Crippen molar-refractivity contribution in [1.82, 2.24) is 4.90 Å². The molecule has 0 radical (unpaired) electrons. The predicted octanol–water partition coefficient (Wildman–Crippen LogP) is 3.10. The van der Waals surface area contributed by atoms with Crippen LogP contribution in [0.1, 0.15) is 43.0 Å². The van der Waals surface area contributed by atoms with Crippen LogP contribution in [0.5, 0.6) is 0 Å². The topological polar surface area (TPSA) is 63.7 Å². The number of piperidine rings is 1. The Kier molecular flexibility index (Phi) is 6.79. The molecule has 1 amide bonds. The Morgan fingerprint density at radius 3 is 2.54 bits per heavy atom. The molecule has 0 atom stereocenters. The van der Waals surface area contributed by atoms with Gasteiger partial charge in [0.2, 0.25) is 5.91 Å². The number of hydrogen-bond acceptors (Lipinski definition) is 4. The Morgan fingerprint density at radius 1 is 1.21 bits per heavy atom. The minimum atomic E-state index is -0.180. The minimum Gasteiger partial charge on any atom is -0.466 e. The molecule has 0 spiro atoms. The lowest BCUT2D eigenvalue weighted by atomic mass is 9.96.